The summed E-state index contributed by atoms with van der Waals surface area (Å²) in [6, 6.07) is 5.68. The zero-order chi connectivity index (χ0) is 8.55. The average molecular weight is 264 g/mol. The summed E-state index contributed by atoms with van der Waals surface area (Å²) in [7, 11) is 0. The SMILES string of the molecule is Cl.NCc1nc2cc(Br)ccc2o1. The van der Waals surface area contributed by atoms with E-state index in [0.29, 0.717) is 12.4 Å². The zero-order valence-electron chi connectivity index (χ0n) is 6.66. The maximum absolute atomic E-state index is 5.38. The van der Waals surface area contributed by atoms with Crippen molar-refractivity contribution in [1.82, 2.24) is 4.98 Å². The first-order valence-corrected chi connectivity index (χ1v) is 4.34. The Morgan fingerprint density at radius 2 is 2.23 bits per heavy atom. The molecule has 2 aromatic rings. The van der Waals surface area contributed by atoms with Crippen LogP contribution in [0.25, 0.3) is 11.1 Å². The standard InChI is InChI=1S/C8H7BrN2O.ClH/c9-5-1-2-7-6(3-5)11-8(4-10)12-7;/h1-3H,4,10H2;1H. The number of oxazole rings is 1. The van der Waals surface area contributed by atoms with Crippen LogP contribution in [-0.4, -0.2) is 4.98 Å². The fourth-order valence-electron chi connectivity index (χ4n) is 1.04. The van der Waals surface area contributed by atoms with Crippen LogP contribution in [0.1, 0.15) is 5.89 Å². The molecular formula is C8H8BrClN2O. The summed E-state index contributed by atoms with van der Waals surface area (Å²) in [6.07, 6.45) is 0. The third kappa shape index (κ3) is 2.02. The molecule has 0 unspecified atom stereocenters. The Bertz CT molecular complexity index is 415. The predicted octanol–water partition coefficient (Wildman–Crippen LogP) is 2.47. The van der Waals surface area contributed by atoms with Gasteiger partial charge in [-0.05, 0) is 18.2 Å². The smallest absolute Gasteiger partial charge is 0.209 e. The second kappa shape index (κ2) is 4.09. The van der Waals surface area contributed by atoms with Gasteiger partial charge in [0.2, 0.25) is 5.89 Å². The summed E-state index contributed by atoms with van der Waals surface area (Å²) in [5, 5.41) is 0. The molecule has 0 aliphatic carbocycles. The van der Waals surface area contributed by atoms with Crippen molar-refractivity contribution in [2.45, 2.75) is 6.54 Å². The summed E-state index contributed by atoms with van der Waals surface area (Å²) in [6.45, 7) is 0.340. The van der Waals surface area contributed by atoms with Gasteiger partial charge < -0.3 is 10.2 Å². The molecule has 2 N–H and O–H groups in total. The molecule has 0 spiro atoms. The van der Waals surface area contributed by atoms with E-state index in [4.69, 9.17) is 10.2 Å². The summed E-state index contributed by atoms with van der Waals surface area (Å²) in [4.78, 5) is 4.17. The number of nitrogens with zero attached hydrogens (tertiary/aromatic N) is 1. The van der Waals surface area contributed by atoms with Crippen LogP contribution in [0.2, 0.25) is 0 Å². The molecule has 3 nitrogen and oxygen atoms in total. The molecule has 0 saturated heterocycles. The molecule has 1 aromatic heterocycles. The quantitative estimate of drug-likeness (QED) is 0.860. The highest BCUT2D eigenvalue weighted by Crippen LogP contribution is 2.19. The van der Waals surface area contributed by atoms with Crippen LogP contribution in [0.5, 0.6) is 0 Å². The van der Waals surface area contributed by atoms with Gasteiger partial charge in [-0.15, -0.1) is 12.4 Å². The van der Waals surface area contributed by atoms with Crippen molar-refractivity contribution in [3.63, 3.8) is 0 Å². The van der Waals surface area contributed by atoms with E-state index in [1.54, 1.807) is 0 Å². The van der Waals surface area contributed by atoms with Crippen molar-refractivity contribution in [2.24, 2.45) is 5.73 Å². The maximum Gasteiger partial charge on any atom is 0.209 e. The van der Waals surface area contributed by atoms with Gasteiger partial charge in [0.1, 0.15) is 5.52 Å². The van der Waals surface area contributed by atoms with Crippen molar-refractivity contribution >= 4 is 39.4 Å². The monoisotopic (exact) mass is 262 g/mol. The molecule has 0 radical (unpaired) electrons. The average Bonchev–Trinajstić information content (AvgIpc) is 2.46. The van der Waals surface area contributed by atoms with E-state index in [-0.39, 0.29) is 12.4 Å². The van der Waals surface area contributed by atoms with Gasteiger partial charge in [0.25, 0.3) is 0 Å². The number of benzene rings is 1. The van der Waals surface area contributed by atoms with Crippen LogP contribution in [0, 0.1) is 0 Å². The van der Waals surface area contributed by atoms with Crippen LogP contribution >= 0.6 is 28.3 Å². The van der Waals surface area contributed by atoms with Crippen molar-refractivity contribution in [1.29, 1.82) is 0 Å². The second-order valence-corrected chi connectivity index (χ2v) is 3.34. The van der Waals surface area contributed by atoms with E-state index in [1.165, 1.54) is 0 Å². The first-order chi connectivity index (χ1) is 5.79. The molecule has 70 valence electrons. The summed E-state index contributed by atoms with van der Waals surface area (Å²) >= 11 is 3.35. The molecule has 1 aromatic carbocycles. The van der Waals surface area contributed by atoms with E-state index in [0.717, 1.165) is 15.6 Å². The summed E-state index contributed by atoms with van der Waals surface area (Å²) in [5.41, 5.74) is 7.00. The fraction of sp³-hybridized carbons (Fsp3) is 0.125. The van der Waals surface area contributed by atoms with E-state index >= 15 is 0 Å². The van der Waals surface area contributed by atoms with E-state index in [2.05, 4.69) is 20.9 Å². The van der Waals surface area contributed by atoms with Gasteiger partial charge in [0.15, 0.2) is 5.58 Å². The van der Waals surface area contributed by atoms with Crippen LogP contribution in [0.3, 0.4) is 0 Å². The molecule has 1 heterocycles. The largest absolute Gasteiger partial charge is 0.439 e. The van der Waals surface area contributed by atoms with Crippen LogP contribution in [0.4, 0.5) is 0 Å². The highest BCUT2D eigenvalue weighted by atomic mass is 79.9. The van der Waals surface area contributed by atoms with Gasteiger partial charge in [0, 0.05) is 4.47 Å². The highest BCUT2D eigenvalue weighted by Gasteiger charge is 2.02. The topological polar surface area (TPSA) is 52.0 Å². The van der Waals surface area contributed by atoms with Crippen LogP contribution < -0.4 is 5.73 Å². The molecule has 0 amide bonds. The van der Waals surface area contributed by atoms with Gasteiger partial charge in [0.05, 0.1) is 6.54 Å². The molecule has 0 aliphatic heterocycles. The minimum atomic E-state index is 0. The summed E-state index contributed by atoms with van der Waals surface area (Å²) in [5.74, 6) is 0.572. The van der Waals surface area contributed by atoms with Gasteiger partial charge in [-0.3, -0.25) is 0 Å². The predicted molar refractivity (Wildman–Crippen MR) is 56.8 cm³/mol. The second-order valence-electron chi connectivity index (χ2n) is 2.42. The Morgan fingerprint density at radius 3 is 2.92 bits per heavy atom. The van der Waals surface area contributed by atoms with Gasteiger partial charge in [-0.2, -0.15) is 0 Å². The third-order valence-corrected chi connectivity index (χ3v) is 2.06. The number of hydrogen-bond acceptors (Lipinski definition) is 3. The molecule has 0 atom stereocenters. The highest BCUT2D eigenvalue weighted by molar-refractivity contribution is 9.10. The molecule has 0 fully saturated rings. The Kier molecular flexibility index (Phi) is 3.30. The van der Waals surface area contributed by atoms with Gasteiger partial charge in [-0.1, -0.05) is 15.9 Å². The minimum absolute atomic E-state index is 0. The number of halogens is 2. The Balaban J connectivity index is 0.000000845. The molecule has 0 bridgehead atoms. The maximum atomic E-state index is 5.38. The normalized spacial score (nSPS) is 10.0. The Morgan fingerprint density at radius 1 is 1.46 bits per heavy atom. The molecule has 0 aliphatic rings. The molecule has 5 heteroatoms. The lowest BCUT2D eigenvalue weighted by molar-refractivity contribution is 0.533. The fourth-order valence-corrected chi connectivity index (χ4v) is 1.38. The first-order valence-electron chi connectivity index (χ1n) is 3.54. The van der Waals surface area contributed by atoms with Crippen molar-refractivity contribution in [2.75, 3.05) is 0 Å². The van der Waals surface area contributed by atoms with Crippen molar-refractivity contribution < 1.29 is 4.42 Å². The molecule has 2 rings (SSSR count). The van der Waals surface area contributed by atoms with Crippen molar-refractivity contribution in [3.8, 4) is 0 Å². The third-order valence-electron chi connectivity index (χ3n) is 1.57. The number of fused-ring (bicyclic) bond motifs is 1. The zero-order valence-corrected chi connectivity index (χ0v) is 9.06. The van der Waals surface area contributed by atoms with Crippen LogP contribution in [-0.2, 0) is 6.54 Å². The lowest BCUT2D eigenvalue weighted by Crippen LogP contribution is -1.94. The number of hydrogen-bond donors (Lipinski definition) is 1. The van der Waals surface area contributed by atoms with E-state index in [1.807, 2.05) is 18.2 Å². The first kappa shape index (κ1) is 10.5. The Labute approximate surface area is 89.9 Å². The molecule has 13 heavy (non-hydrogen) atoms. The lowest BCUT2D eigenvalue weighted by atomic mass is 10.3. The van der Waals surface area contributed by atoms with E-state index < -0.39 is 0 Å². The van der Waals surface area contributed by atoms with E-state index in [9.17, 15) is 0 Å². The number of aromatic nitrogens is 1. The summed E-state index contributed by atoms with van der Waals surface area (Å²) < 4.78 is 6.31. The molecule has 0 saturated carbocycles. The lowest BCUT2D eigenvalue weighted by Gasteiger charge is -1.86. The van der Waals surface area contributed by atoms with Crippen molar-refractivity contribution in [3.05, 3.63) is 28.6 Å². The van der Waals surface area contributed by atoms with Crippen LogP contribution in [0.15, 0.2) is 27.1 Å². The Hall–Kier alpha value is -0.580. The van der Waals surface area contributed by atoms with Gasteiger partial charge >= 0.3 is 0 Å². The van der Waals surface area contributed by atoms with Gasteiger partial charge in [-0.25, -0.2) is 4.98 Å². The minimum Gasteiger partial charge on any atom is -0.439 e. The molecular weight excluding hydrogens is 255 g/mol. The number of rotatable bonds is 1. The number of nitrogens with two attached hydrogens (primary N) is 1.